The van der Waals surface area contributed by atoms with Crippen LogP contribution in [0.5, 0.6) is 0 Å². The van der Waals surface area contributed by atoms with Gasteiger partial charge in [0.2, 0.25) is 0 Å². The van der Waals surface area contributed by atoms with E-state index in [0.717, 1.165) is 35.2 Å². The summed E-state index contributed by atoms with van der Waals surface area (Å²) in [5, 5.41) is 6.54. The van der Waals surface area contributed by atoms with Crippen molar-refractivity contribution < 1.29 is 0 Å². The average Bonchev–Trinajstić information content (AvgIpc) is 2.86. The Morgan fingerprint density at radius 3 is 2.94 bits per heavy atom. The lowest BCUT2D eigenvalue weighted by molar-refractivity contribution is 0.582. The van der Waals surface area contributed by atoms with Crippen LogP contribution in [-0.4, -0.2) is 21.0 Å². The lowest BCUT2D eigenvalue weighted by Crippen LogP contribution is -2.21. The molecule has 0 aliphatic heterocycles. The number of hydrogen-bond donors (Lipinski definition) is 2. The van der Waals surface area contributed by atoms with Gasteiger partial charge in [-0.05, 0) is 6.92 Å². The van der Waals surface area contributed by atoms with Crippen molar-refractivity contribution in [2.45, 2.75) is 39.8 Å². The van der Waals surface area contributed by atoms with Crippen LogP contribution < -0.4 is 5.32 Å². The molecule has 0 fully saturated rings. The summed E-state index contributed by atoms with van der Waals surface area (Å²) < 4.78 is 0. The highest BCUT2D eigenvalue weighted by Crippen LogP contribution is 2.12. The summed E-state index contributed by atoms with van der Waals surface area (Å²) in [6, 6.07) is 0.489. The van der Waals surface area contributed by atoms with Gasteiger partial charge in [0.05, 0.1) is 6.42 Å². The van der Waals surface area contributed by atoms with E-state index in [2.05, 4.69) is 39.5 Å². The molecule has 0 spiro atoms. The number of nitrogens with zero attached hydrogens (tertiary/aromatic N) is 2. The van der Waals surface area contributed by atoms with Crippen molar-refractivity contribution >= 4 is 11.3 Å². The van der Waals surface area contributed by atoms with Crippen LogP contribution in [0.1, 0.15) is 36.1 Å². The summed E-state index contributed by atoms with van der Waals surface area (Å²) >= 11 is 1.69. The molecule has 2 aromatic rings. The molecule has 0 bridgehead atoms. The monoisotopic (exact) mass is 250 g/mol. The number of rotatable bonds is 5. The fourth-order valence-corrected chi connectivity index (χ4v) is 2.30. The first-order chi connectivity index (χ1) is 8.13. The van der Waals surface area contributed by atoms with Crippen LogP contribution in [0.25, 0.3) is 0 Å². The molecule has 2 rings (SSSR count). The smallest absolute Gasteiger partial charge is 0.113 e. The van der Waals surface area contributed by atoms with E-state index in [-0.39, 0.29) is 0 Å². The van der Waals surface area contributed by atoms with Crippen LogP contribution in [0.3, 0.4) is 0 Å². The van der Waals surface area contributed by atoms with Gasteiger partial charge >= 0.3 is 0 Å². The van der Waals surface area contributed by atoms with Crippen molar-refractivity contribution in [2.24, 2.45) is 0 Å². The summed E-state index contributed by atoms with van der Waals surface area (Å²) in [7, 11) is 0. The molecule has 2 N–H and O–H groups in total. The Bertz CT molecular complexity index is 472. The predicted molar refractivity (Wildman–Crippen MR) is 70.2 cm³/mol. The minimum Gasteiger partial charge on any atom is -0.344 e. The molecule has 92 valence electrons. The van der Waals surface area contributed by atoms with Crippen LogP contribution in [-0.2, 0) is 13.0 Å². The third-order valence-corrected chi connectivity index (χ3v) is 3.33. The van der Waals surface area contributed by atoms with Crippen LogP contribution in [0.15, 0.2) is 11.6 Å². The van der Waals surface area contributed by atoms with E-state index in [1.165, 1.54) is 0 Å². The summed E-state index contributed by atoms with van der Waals surface area (Å²) in [6.07, 6.45) is 2.69. The minimum atomic E-state index is 0.489. The Morgan fingerprint density at radius 1 is 1.47 bits per heavy atom. The molecule has 0 saturated carbocycles. The molecule has 0 aliphatic rings. The first-order valence-corrected chi connectivity index (χ1v) is 6.68. The number of hydrogen-bond acceptors (Lipinski definition) is 4. The maximum Gasteiger partial charge on any atom is 0.113 e. The molecule has 17 heavy (non-hydrogen) atoms. The number of aromatic nitrogens is 3. The van der Waals surface area contributed by atoms with Crippen LogP contribution >= 0.6 is 11.3 Å². The third-order valence-electron chi connectivity index (χ3n) is 2.37. The topological polar surface area (TPSA) is 53.6 Å². The summed E-state index contributed by atoms with van der Waals surface area (Å²) in [5.74, 6) is 0.986. The molecule has 0 unspecified atom stereocenters. The number of thiazole rings is 1. The zero-order chi connectivity index (χ0) is 12.3. The van der Waals surface area contributed by atoms with E-state index in [0.29, 0.717) is 6.04 Å². The van der Waals surface area contributed by atoms with Gasteiger partial charge in [-0.1, -0.05) is 13.8 Å². The first-order valence-electron chi connectivity index (χ1n) is 5.80. The van der Waals surface area contributed by atoms with Gasteiger partial charge in [0.1, 0.15) is 10.8 Å². The zero-order valence-electron chi connectivity index (χ0n) is 10.4. The van der Waals surface area contributed by atoms with Gasteiger partial charge in [-0.15, -0.1) is 11.3 Å². The molecule has 0 saturated heterocycles. The standard InChI is InChI=1S/C12H18N4S/c1-8(2)13-5-10-6-14-11(16-10)4-12-15-9(3)7-17-12/h6-8,13H,4-5H2,1-3H3,(H,14,16). The third kappa shape index (κ3) is 3.64. The summed E-state index contributed by atoms with van der Waals surface area (Å²) in [4.78, 5) is 12.1. The maximum absolute atomic E-state index is 4.43. The predicted octanol–water partition coefficient (Wildman–Crippen LogP) is 2.26. The zero-order valence-corrected chi connectivity index (χ0v) is 11.3. The Balaban J connectivity index is 1.94. The van der Waals surface area contributed by atoms with Crippen molar-refractivity contribution in [3.8, 4) is 0 Å². The van der Waals surface area contributed by atoms with E-state index < -0.39 is 0 Å². The largest absolute Gasteiger partial charge is 0.344 e. The first kappa shape index (κ1) is 12.3. The number of aryl methyl sites for hydroxylation is 1. The van der Waals surface area contributed by atoms with E-state index >= 15 is 0 Å². The SMILES string of the molecule is Cc1csc(Cc2ncc(CNC(C)C)[nH]2)n1. The maximum atomic E-state index is 4.43. The van der Waals surface area contributed by atoms with Crippen molar-refractivity contribution in [1.29, 1.82) is 0 Å². The molecule has 4 nitrogen and oxygen atoms in total. The number of imidazole rings is 1. The summed E-state index contributed by atoms with van der Waals surface area (Å²) in [5.41, 5.74) is 2.21. The normalized spacial score (nSPS) is 11.3. The van der Waals surface area contributed by atoms with E-state index in [1.807, 2.05) is 13.1 Å². The molecule has 2 aromatic heterocycles. The van der Waals surface area contributed by atoms with Crippen molar-refractivity contribution in [2.75, 3.05) is 0 Å². The van der Waals surface area contributed by atoms with Crippen molar-refractivity contribution in [3.05, 3.63) is 33.8 Å². The van der Waals surface area contributed by atoms with Gasteiger partial charge < -0.3 is 10.3 Å². The number of H-pyrrole nitrogens is 1. The minimum absolute atomic E-state index is 0.489. The second kappa shape index (κ2) is 5.42. The fourth-order valence-electron chi connectivity index (χ4n) is 1.53. The van der Waals surface area contributed by atoms with Gasteiger partial charge in [-0.25, -0.2) is 9.97 Å². The Morgan fingerprint density at radius 2 is 2.29 bits per heavy atom. The van der Waals surface area contributed by atoms with Gasteiger partial charge in [0.15, 0.2) is 0 Å². The molecule has 0 aromatic carbocycles. The highest BCUT2D eigenvalue weighted by Gasteiger charge is 2.05. The molecule has 0 amide bonds. The molecule has 5 heteroatoms. The van der Waals surface area contributed by atoms with Gasteiger partial charge in [0, 0.05) is 35.6 Å². The highest BCUT2D eigenvalue weighted by molar-refractivity contribution is 7.09. The Kier molecular flexibility index (Phi) is 3.91. The van der Waals surface area contributed by atoms with Crippen molar-refractivity contribution in [3.63, 3.8) is 0 Å². The molecule has 0 aliphatic carbocycles. The average molecular weight is 250 g/mol. The lowest BCUT2D eigenvalue weighted by atomic mass is 10.3. The van der Waals surface area contributed by atoms with E-state index in [1.54, 1.807) is 11.3 Å². The van der Waals surface area contributed by atoms with Crippen LogP contribution in [0.4, 0.5) is 0 Å². The number of nitrogens with one attached hydrogen (secondary N) is 2. The van der Waals surface area contributed by atoms with Crippen LogP contribution in [0.2, 0.25) is 0 Å². The lowest BCUT2D eigenvalue weighted by Gasteiger charge is -2.05. The molecule has 0 radical (unpaired) electrons. The summed E-state index contributed by atoms with van der Waals surface area (Å²) in [6.45, 7) is 7.12. The molecule has 0 atom stereocenters. The van der Waals surface area contributed by atoms with Gasteiger partial charge in [-0.3, -0.25) is 0 Å². The molecule has 2 heterocycles. The molecular formula is C12H18N4S. The fraction of sp³-hybridized carbons (Fsp3) is 0.500. The van der Waals surface area contributed by atoms with Crippen LogP contribution in [0, 0.1) is 6.92 Å². The Labute approximate surface area is 106 Å². The quantitative estimate of drug-likeness (QED) is 0.856. The Hall–Kier alpha value is -1.20. The molecular weight excluding hydrogens is 232 g/mol. The van der Waals surface area contributed by atoms with E-state index in [4.69, 9.17) is 0 Å². The second-order valence-corrected chi connectivity index (χ2v) is 5.39. The van der Waals surface area contributed by atoms with Crippen molar-refractivity contribution in [1.82, 2.24) is 20.3 Å². The van der Waals surface area contributed by atoms with E-state index in [9.17, 15) is 0 Å². The second-order valence-electron chi connectivity index (χ2n) is 4.45. The van der Waals surface area contributed by atoms with Gasteiger partial charge in [0.25, 0.3) is 0 Å². The number of aromatic amines is 1. The highest BCUT2D eigenvalue weighted by atomic mass is 32.1. The van der Waals surface area contributed by atoms with Gasteiger partial charge in [-0.2, -0.15) is 0 Å².